The van der Waals surface area contributed by atoms with Crippen LogP contribution in [0.4, 0.5) is 11.4 Å². The van der Waals surface area contributed by atoms with Gasteiger partial charge in [-0.25, -0.2) is 0 Å². The lowest BCUT2D eigenvalue weighted by molar-refractivity contribution is 0.101. The molecular weight excluding hydrogens is 364 g/mol. The molecule has 2 aromatic heterocycles. The average molecular weight is 390 g/mol. The van der Waals surface area contributed by atoms with Crippen LogP contribution >= 0.6 is 0 Å². The number of aryl methyl sites for hydroxylation is 1. The quantitative estimate of drug-likeness (QED) is 0.690. The highest BCUT2D eigenvalue weighted by molar-refractivity contribution is 6.04. The number of aromatic nitrogens is 2. The van der Waals surface area contributed by atoms with Gasteiger partial charge in [0.15, 0.2) is 0 Å². The van der Waals surface area contributed by atoms with Gasteiger partial charge in [0, 0.05) is 55.2 Å². The van der Waals surface area contributed by atoms with Gasteiger partial charge in [-0.1, -0.05) is 6.92 Å². The third-order valence-corrected chi connectivity index (χ3v) is 5.11. The first kappa shape index (κ1) is 19.2. The van der Waals surface area contributed by atoms with Crippen molar-refractivity contribution in [2.45, 2.75) is 19.9 Å². The second kappa shape index (κ2) is 8.92. The molecule has 150 valence electrons. The minimum absolute atomic E-state index is 0.0992. The summed E-state index contributed by atoms with van der Waals surface area (Å²) in [7, 11) is 0. The maximum Gasteiger partial charge on any atom is 0.272 e. The molecule has 0 atom stereocenters. The van der Waals surface area contributed by atoms with Gasteiger partial charge >= 0.3 is 0 Å². The molecule has 1 aromatic carbocycles. The van der Waals surface area contributed by atoms with E-state index in [4.69, 9.17) is 4.74 Å². The van der Waals surface area contributed by atoms with Gasteiger partial charge in [0.25, 0.3) is 5.91 Å². The van der Waals surface area contributed by atoms with Crippen molar-refractivity contribution in [2.24, 2.45) is 0 Å². The molecule has 0 spiro atoms. The number of carbonyl (C=O) groups excluding carboxylic acids is 1. The van der Waals surface area contributed by atoms with E-state index in [2.05, 4.69) is 34.3 Å². The molecule has 1 aliphatic rings. The highest BCUT2D eigenvalue weighted by atomic mass is 16.5. The van der Waals surface area contributed by atoms with Crippen molar-refractivity contribution in [3.63, 3.8) is 0 Å². The van der Waals surface area contributed by atoms with E-state index in [1.807, 2.05) is 41.1 Å². The number of amides is 1. The van der Waals surface area contributed by atoms with Crippen molar-refractivity contribution in [3.8, 4) is 11.1 Å². The number of ether oxygens (including phenoxy) is 1. The first-order valence-corrected chi connectivity index (χ1v) is 10.1. The molecule has 29 heavy (non-hydrogen) atoms. The summed E-state index contributed by atoms with van der Waals surface area (Å²) in [5.74, 6) is -0.0992. The van der Waals surface area contributed by atoms with Crippen LogP contribution in [0.3, 0.4) is 0 Å². The predicted molar refractivity (Wildman–Crippen MR) is 115 cm³/mol. The maximum atomic E-state index is 13.0. The van der Waals surface area contributed by atoms with E-state index in [9.17, 15) is 4.79 Å². The molecule has 0 saturated carbocycles. The summed E-state index contributed by atoms with van der Waals surface area (Å²) in [6.45, 7) is 6.21. The van der Waals surface area contributed by atoms with Gasteiger partial charge in [0.05, 0.1) is 13.2 Å². The molecule has 6 nitrogen and oxygen atoms in total. The number of morpholine rings is 1. The van der Waals surface area contributed by atoms with E-state index in [1.165, 1.54) is 0 Å². The number of carbonyl (C=O) groups is 1. The highest BCUT2D eigenvalue weighted by Crippen LogP contribution is 2.24. The second-order valence-electron chi connectivity index (χ2n) is 7.14. The minimum atomic E-state index is -0.0992. The lowest BCUT2D eigenvalue weighted by atomic mass is 10.1. The standard InChI is InChI=1S/C23H26N4O2/c1-2-11-27-17-19(18-7-9-24-10-8-18)16-22(27)23(28)25-20-3-5-21(6-4-20)26-12-14-29-15-13-26/h3-10,16-17H,2,11-15H2,1H3,(H,25,28). The molecule has 1 saturated heterocycles. The molecule has 1 fully saturated rings. The molecule has 4 rings (SSSR count). The third-order valence-electron chi connectivity index (χ3n) is 5.11. The zero-order valence-electron chi connectivity index (χ0n) is 16.7. The average Bonchev–Trinajstić information content (AvgIpc) is 3.20. The van der Waals surface area contributed by atoms with E-state index in [-0.39, 0.29) is 5.91 Å². The van der Waals surface area contributed by atoms with Crippen molar-refractivity contribution in [1.29, 1.82) is 0 Å². The number of nitrogens with zero attached hydrogens (tertiary/aromatic N) is 3. The van der Waals surface area contributed by atoms with Crippen LogP contribution in [0, 0.1) is 0 Å². The predicted octanol–water partition coefficient (Wildman–Crippen LogP) is 4.05. The van der Waals surface area contributed by atoms with E-state index < -0.39 is 0 Å². The van der Waals surface area contributed by atoms with Crippen molar-refractivity contribution >= 4 is 17.3 Å². The van der Waals surface area contributed by atoms with Crippen LogP contribution in [0.15, 0.2) is 61.1 Å². The fourth-order valence-electron chi connectivity index (χ4n) is 3.60. The number of hydrogen-bond donors (Lipinski definition) is 1. The zero-order chi connectivity index (χ0) is 20.1. The topological polar surface area (TPSA) is 59.4 Å². The van der Waals surface area contributed by atoms with Crippen molar-refractivity contribution in [3.05, 3.63) is 66.7 Å². The minimum Gasteiger partial charge on any atom is -0.378 e. The molecule has 0 unspecified atom stereocenters. The summed E-state index contributed by atoms with van der Waals surface area (Å²) in [5, 5.41) is 3.04. The Morgan fingerprint density at radius 1 is 1.07 bits per heavy atom. The van der Waals surface area contributed by atoms with Crippen molar-refractivity contribution in [1.82, 2.24) is 9.55 Å². The smallest absolute Gasteiger partial charge is 0.272 e. The Morgan fingerprint density at radius 3 is 2.48 bits per heavy atom. The number of hydrogen-bond acceptors (Lipinski definition) is 4. The molecule has 3 aromatic rings. The van der Waals surface area contributed by atoms with E-state index >= 15 is 0 Å². The Balaban J connectivity index is 1.51. The van der Waals surface area contributed by atoms with Gasteiger partial charge in [0.2, 0.25) is 0 Å². The van der Waals surface area contributed by atoms with Crippen LogP contribution < -0.4 is 10.2 Å². The largest absolute Gasteiger partial charge is 0.378 e. The lowest BCUT2D eigenvalue weighted by Crippen LogP contribution is -2.36. The van der Waals surface area contributed by atoms with Gasteiger partial charge in [-0.05, 0) is 54.4 Å². The van der Waals surface area contributed by atoms with E-state index in [1.54, 1.807) is 12.4 Å². The normalized spacial score (nSPS) is 14.0. The molecule has 6 heteroatoms. The second-order valence-corrected chi connectivity index (χ2v) is 7.14. The Labute approximate surface area is 171 Å². The van der Waals surface area contributed by atoms with Gasteiger partial charge in [0.1, 0.15) is 5.69 Å². The molecule has 0 radical (unpaired) electrons. The summed E-state index contributed by atoms with van der Waals surface area (Å²) >= 11 is 0. The van der Waals surface area contributed by atoms with E-state index in [0.29, 0.717) is 5.69 Å². The molecule has 0 bridgehead atoms. The van der Waals surface area contributed by atoms with Crippen LogP contribution in [0.5, 0.6) is 0 Å². The SMILES string of the molecule is CCCn1cc(-c2ccncc2)cc1C(=O)Nc1ccc(N2CCOCC2)cc1. The Hall–Kier alpha value is -3.12. The van der Waals surface area contributed by atoms with Gasteiger partial charge in [-0.2, -0.15) is 0 Å². The van der Waals surface area contributed by atoms with Crippen molar-refractivity contribution in [2.75, 3.05) is 36.5 Å². The molecular formula is C23H26N4O2. The molecule has 1 N–H and O–H groups in total. The summed E-state index contributed by atoms with van der Waals surface area (Å²) in [6.07, 6.45) is 6.53. The number of benzene rings is 1. The summed E-state index contributed by atoms with van der Waals surface area (Å²) < 4.78 is 7.43. The van der Waals surface area contributed by atoms with Gasteiger partial charge < -0.3 is 19.5 Å². The monoisotopic (exact) mass is 390 g/mol. The number of anilines is 2. The number of rotatable bonds is 6. The molecule has 1 amide bonds. The lowest BCUT2D eigenvalue weighted by Gasteiger charge is -2.28. The Bertz CT molecular complexity index is 945. The highest BCUT2D eigenvalue weighted by Gasteiger charge is 2.15. The zero-order valence-corrected chi connectivity index (χ0v) is 16.7. The van der Waals surface area contributed by atoms with Gasteiger partial charge in [-0.3, -0.25) is 9.78 Å². The number of pyridine rings is 1. The summed E-state index contributed by atoms with van der Waals surface area (Å²) in [4.78, 5) is 19.3. The van der Waals surface area contributed by atoms with Crippen LogP contribution in [0.1, 0.15) is 23.8 Å². The van der Waals surface area contributed by atoms with Gasteiger partial charge in [-0.15, -0.1) is 0 Å². The molecule has 0 aliphatic carbocycles. The molecule has 3 heterocycles. The maximum absolute atomic E-state index is 13.0. The van der Waals surface area contributed by atoms with Crippen molar-refractivity contribution < 1.29 is 9.53 Å². The first-order valence-electron chi connectivity index (χ1n) is 10.1. The van der Waals surface area contributed by atoms with Crippen LogP contribution in [-0.4, -0.2) is 41.8 Å². The summed E-state index contributed by atoms with van der Waals surface area (Å²) in [5.41, 5.74) is 4.69. The van der Waals surface area contributed by atoms with Crippen LogP contribution in [0.2, 0.25) is 0 Å². The fourth-order valence-corrected chi connectivity index (χ4v) is 3.60. The Kier molecular flexibility index (Phi) is 5.91. The van der Waals surface area contributed by atoms with Crippen LogP contribution in [-0.2, 0) is 11.3 Å². The fraction of sp³-hybridized carbons (Fsp3) is 0.304. The summed E-state index contributed by atoms with van der Waals surface area (Å²) in [6, 6.07) is 13.9. The molecule has 1 aliphatic heterocycles. The van der Waals surface area contributed by atoms with Crippen LogP contribution in [0.25, 0.3) is 11.1 Å². The first-order chi connectivity index (χ1) is 14.2. The Morgan fingerprint density at radius 2 is 1.79 bits per heavy atom. The van der Waals surface area contributed by atoms with E-state index in [0.717, 1.165) is 61.8 Å². The third kappa shape index (κ3) is 4.49. The number of nitrogens with one attached hydrogen (secondary N) is 1.